The molecule has 2 heterocycles. The van der Waals surface area contributed by atoms with Crippen molar-refractivity contribution in [3.8, 4) is 0 Å². The van der Waals surface area contributed by atoms with Crippen LogP contribution in [0.15, 0.2) is 0 Å². The Balaban J connectivity index is 1.82. The van der Waals surface area contributed by atoms with Gasteiger partial charge in [0.15, 0.2) is 0 Å². The van der Waals surface area contributed by atoms with E-state index in [0.717, 1.165) is 45.3 Å². The number of nitrogens with zero attached hydrogens (tertiary/aromatic N) is 1. The predicted molar refractivity (Wildman–Crippen MR) is 73.6 cm³/mol. The van der Waals surface area contributed by atoms with Crippen LogP contribution >= 0.6 is 0 Å². The third-order valence-corrected chi connectivity index (χ3v) is 4.13. The van der Waals surface area contributed by atoms with Gasteiger partial charge in [-0.2, -0.15) is 0 Å². The average molecular weight is 267 g/mol. The van der Waals surface area contributed by atoms with Gasteiger partial charge in [0.1, 0.15) is 6.04 Å². The summed E-state index contributed by atoms with van der Waals surface area (Å²) in [5.74, 6) is 0.586. The van der Waals surface area contributed by atoms with Gasteiger partial charge in [-0.05, 0) is 45.1 Å². The molecule has 3 unspecified atom stereocenters. The van der Waals surface area contributed by atoms with Crippen molar-refractivity contribution in [3.63, 3.8) is 0 Å². The molecule has 2 fully saturated rings. The topological polar surface area (TPSA) is 61.4 Å². The molecule has 2 amide bonds. The van der Waals surface area contributed by atoms with E-state index < -0.39 is 6.04 Å². The maximum atomic E-state index is 12.1. The van der Waals surface area contributed by atoms with Crippen molar-refractivity contribution < 1.29 is 9.59 Å². The summed E-state index contributed by atoms with van der Waals surface area (Å²) in [6, 6.07) is -0.554. The van der Waals surface area contributed by atoms with Gasteiger partial charge in [-0.1, -0.05) is 6.92 Å². The monoisotopic (exact) mass is 267 g/mol. The molecule has 2 N–H and O–H groups in total. The quantitative estimate of drug-likeness (QED) is 0.783. The Morgan fingerprint density at radius 2 is 2.00 bits per heavy atom. The number of piperidine rings is 1. The molecule has 5 heteroatoms. The molecule has 2 aliphatic heterocycles. The number of carbonyl (C=O) groups excluding carboxylic acids is 2. The lowest BCUT2D eigenvalue weighted by Gasteiger charge is -2.29. The molecule has 0 aliphatic carbocycles. The van der Waals surface area contributed by atoms with Gasteiger partial charge in [-0.15, -0.1) is 0 Å². The van der Waals surface area contributed by atoms with Crippen LogP contribution in [0.2, 0.25) is 0 Å². The van der Waals surface area contributed by atoms with E-state index in [1.807, 2.05) is 4.90 Å². The highest BCUT2D eigenvalue weighted by atomic mass is 16.2. The second-order valence-corrected chi connectivity index (χ2v) is 5.90. The predicted octanol–water partition coefficient (Wildman–Crippen LogP) is 0.502. The van der Waals surface area contributed by atoms with Crippen molar-refractivity contribution in [2.45, 2.75) is 51.6 Å². The minimum atomic E-state index is -0.412. The van der Waals surface area contributed by atoms with Crippen molar-refractivity contribution in [2.75, 3.05) is 19.6 Å². The number of nitrogens with one attached hydrogen (secondary N) is 2. The van der Waals surface area contributed by atoms with E-state index in [4.69, 9.17) is 0 Å². The van der Waals surface area contributed by atoms with Crippen LogP contribution in [0, 0.1) is 5.92 Å². The molecule has 3 atom stereocenters. The van der Waals surface area contributed by atoms with Crippen LogP contribution in [-0.2, 0) is 9.59 Å². The molecule has 19 heavy (non-hydrogen) atoms. The van der Waals surface area contributed by atoms with Crippen LogP contribution in [0.4, 0.5) is 0 Å². The number of rotatable bonds is 3. The van der Waals surface area contributed by atoms with Gasteiger partial charge in [0.2, 0.25) is 11.8 Å². The molecule has 2 rings (SSSR count). The normalized spacial score (nSPS) is 29.1. The SMILES string of the molecule is CC1CCNC(C(=O)NC(C)C(=O)N2CCCC2)C1. The van der Waals surface area contributed by atoms with Crippen molar-refractivity contribution in [1.29, 1.82) is 0 Å². The maximum Gasteiger partial charge on any atom is 0.244 e. The van der Waals surface area contributed by atoms with E-state index in [2.05, 4.69) is 17.6 Å². The van der Waals surface area contributed by atoms with Gasteiger partial charge < -0.3 is 15.5 Å². The molecule has 108 valence electrons. The first-order chi connectivity index (χ1) is 9.08. The van der Waals surface area contributed by atoms with Gasteiger partial charge in [-0.25, -0.2) is 0 Å². The van der Waals surface area contributed by atoms with Crippen LogP contribution in [0.25, 0.3) is 0 Å². The van der Waals surface area contributed by atoms with Crippen LogP contribution in [-0.4, -0.2) is 48.4 Å². The molecule has 0 bridgehead atoms. The van der Waals surface area contributed by atoms with Gasteiger partial charge in [0.05, 0.1) is 6.04 Å². The lowest BCUT2D eigenvalue weighted by atomic mass is 9.94. The molecule has 0 aromatic heterocycles. The highest BCUT2D eigenvalue weighted by Crippen LogP contribution is 2.15. The largest absolute Gasteiger partial charge is 0.343 e. The summed E-state index contributed by atoms with van der Waals surface area (Å²) in [6.07, 6.45) is 4.13. The Labute approximate surface area is 115 Å². The first-order valence-corrected chi connectivity index (χ1v) is 7.40. The molecule has 2 saturated heterocycles. The van der Waals surface area contributed by atoms with Crippen molar-refractivity contribution in [1.82, 2.24) is 15.5 Å². The number of hydrogen-bond acceptors (Lipinski definition) is 3. The third-order valence-electron chi connectivity index (χ3n) is 4.13. The third kappa shape index (κ3) is 3.69. The van der Waals surface area contributed by atoms with Gasteiger partial charge >= 0.3 is 0 Å². The van der Waals surface area contributed by atoms with E-state index in [1.165, 1.54) is 0 Å². The summed E-state index contributed by atoms with van der Waals surface area (Å²) in [5.41, 5.74) is 0. The zero-order valence-electron chi connectivity index (χ0n) is 11.9. The molecule has 0 aromatic carbocycles. The highest BCUT2D eigenvalue weighted by molar-refractivity contribution is 5.89. The molecule has 0 spiro atoms. The summed E-state index contributed by atoms with van der Waals surface area (Å²) in [4.78, 5) is 26.1. The Morgan fingerprint density at radius 3 is 2.63 bits per heavy atom. The fourth-order valence-electron chi connectivity index (χ4n) is 2.89. The van der Waals surface area contributed by atoms with Crippen molar-refractivity contribution in [3.05, 3.63) is 0 Å². The Kier molecular flexibility index (Phi) is 4.80. The zero-order valence-corrected chi connectivity index (χ0v) is 11.9. The number of amides is 2. The second-order valence-electron chi connectivity index (χ2n) is 5.90. The van der Waals surface area contributed by atoms with Crippen LogP contribution in [0.5, 0.6) is 0 Å². The molecular weight excluding hydrogens is 242 g/mol. The zero-order chi connectivity index (χ0) is 13.8. The van der Waals surface area contributed by atoms with E-state index in [0.29, 0.717) is 5.92 Å². The van der Waals surface area contributed by atoms with E-state index in [9.17, 15) is 9.59 Å². The average Bonchev–Trinajstić information content (AvgIpc) is 2.91. The first-order valence-electron chi connectivity index (χ1n) is 7.40. The minimum Gasteiger partial charge on any atom is -0.343 e. The molecule has 0 saturated carbocycles. The Morgan fingerprint density at radius 1 is 1.32 bits per heavy atom. The fraction of sp³-hybridized carbons (Fsp3) is 0.857. The van der Waals surface area contributed by atoms with Crippen LogP contribution in [0.3, 0.4) is 0 Å². The summed E-state index contributed by atoms with van der Waals surface area (Å²) in [7, 11) is 0. The lowest BCUT2D eigenvalue weighted by Crippen LogP contribution is -2.53. The second kappa shape index (κ2) is 6.37. The highest BCUT2D eigenvalue weighted by Gasteiger charge is 2.29. The maximum absolute atomic E-state index is 12.1. The molecular formula is C14H25N3O2. The van der Waals surface area contributed by atoms with Crippen LogP contribution < -0.4 is 10.6 Å². The standard InChI is InChI=1S/C14H25N3O2/c1-10-5-6-15-12(9-10)13(18)16-11(2)14(19)17-7-3-4-8-17/h10-12,15H,3-9H2,1-2H3,(H,16,18). The fourth-order valence-corrected chi connectivity index (χ4v) is 2.89. The summed E-state index contributed by atoms with van der Waals surface area (Å²) in [6.45, 7) is 6.49. The van der Waals surface area contributed by atoms with Crippen LogP contribution in [0.1, 0.15) is 39.5 Å². The Hall–Kier alpha value is -1.10. The van der Waals surface area contributed by atoms with Gasteiger partial charge in [0, 0.05) is 13.1 Å². The van der Waals surface area contributed by atoms with E-state index in [-0.39, 0.29) is 17.9 Å². The first kappa shape index (κ1) is 14.3. The smallest absolute Gasteiger partial charge is 0.244 e. The van der Waals surface area contributed by atoms with Crippen molar-refractivity contribution in [2.24, 2.45) is 5.92 Å². The minimum absolute atomic E-state index is 0.0356. The number of carbonyl (C=O) groups is 2. The summed E-state index contributed by atoms with van der Waals surface area (Å²) < 4.78 is 0. The molecule has 5 nitrogen and oxygen atoms in total. The lowest BCUT2D eigenvalue weighted by molar-refractivity contribution is -0.135. The number of hydrogen-bond donors (Lipinski definition) is 2. The summed E-state index contributed by atoms with van der Waals surface area (Å²) >= 11 is 0. The van der Waals surface area contributed by atoms with Crippen molar-refractivity contribution >= 4 is 11.8 Å². The molecule has 2 aliphatic rings. The molecule has 0 aromatic rings. The summed E-state index contributed by atoms with van der Waals surface area (Å²) in [5, 5.41) is 6.08. The number of likely N-dealkylation sites (tertiary alicyclic amines) is 1. The van der Waals surface area contributed by atoms with Gasteiger partial charge in [-0.3, -0.25) is 9.59 Å². The Bertz CT molecular complexity index is 340. The van der Waals surface area contributed by atoms with E-state index in [1.54, 1.807) is 6.92 Å². The van der Waals surface area contributed by atoms with E-state index >= 15 is 0 Å². The van der Waals surface area contributed by atoms with Gasteiger partial charge in [0.25, 0.3) is 0 Å². The molecule has 0 radical (unpaired) electrons.